The molecule has 0 unspecified atom stereocenters. The zero-order valence-electron chi connectivity index (χ0n) is 18.4. The summed E-state index contributed by atoms with van der Waals surface area (Å²) in [6.45, 7) is 7.57. The van der Waals surface area contributed by atoms with Gasteiger partial charge in [0, 0.05) is 32.1 Å². The van der Waals surface area contributed by atoms with Crippen molar-refractivity contribution in [2.75, 3.05) is 52.2 Å². The van der Waals surface area contributed by atoms with Crippen LogP contribution in [-0.2, 0) is 14.3 Å². The van der Waals surface area contributed by atoms with Crippen molar-refractivity contribution < 1.29 is 19.5 Å². The average molecular weight is 450 g/mol. The highest BCUT2D eigenvalue weighted by Gasteiger charge is 2.41. The molecule has 0 aromatic heterocycles. The molecule has 2 fully saturated rings. The number of hydroxylamine groups is 1. The summed E-state index contributed by atoms with van der Waals surface area (Å²) in [5, 5.41) is 9.15. The molecule has 0 saturated carbocycles. The molecule has 3 aliphatic rings. The lowest BCUT2D eigenvalue weighted by molar-refractivity contribution is -0.141. The van der Waals surface area contributed by atoms with Crippen molar-refractivity contribution in [1.82, 2.24) is 14.7 Å². The third-order valence-corrected chi connectivity index (χ3v) is 7.24. The molecule has 31 heavy (non-hydrogen) atoms. The summed E-state index contributed by atoms with van der Waals surface area (Å²) in [6, 6.07) is 10.4. The van der Waals surface area contributed by atoms with Crippen molar-refractivity contribution >= 4 is 30.2 Å². The third kappa shape index (κ3) is 7.73. The molecule has 3 aliphatic heterocycles. The molecule has 1 amide bonds. The van der Waals surface area contributed by atoms with Crippen molar-refractivity contribution in [3.05, 3.63) is 42.0 Å². The Morgan fingerprint density at radius 1 is 1.19 bits per heavy atom. The summed E-state index contributed by atoms with van der Waals surface area (Å²) in [7, 11) is 2.07. The summed E-state index contributed by atoms with van der Waals surface area (Å²) >= 11 is 1.72. The molecule has 0 bridgehead atoms. The number of hydrogen-bond acceptors (Lipinski definition) is 7. The molecule has 1 aromatic rings. The maximum Gasteiger partial charge on any atom is 0.250 e. The minimum Gasteiger partial charge on any atom is -0.381 e. The molecule has 0 aliphatic carbocycles. The molecule has 4 rings (SSSR count). The van der Waals surface area contributed by atoms with Gasteiger partial charge in [-0.3, -0.25) is 10.0 Å². The number of carbonyl (C=O) groups is 2. The van der Waals surface area contributed by atoms with Crippen LogP contribution in [0.15, 0.2) is 36.4 Å². The second-order valence-corrected chi connectivity index (χ2v) is 9.10. The van der Waals surface area contributed by atoms with Gasteiger partial charge in [-0.05, 0) is 57.0 Å². The summed E-state index contributed by atoms with van der Waals surface area (Å²) in [5.74, 6) is 0.474. The van der Waals surface area contributed by atoms with Crippen LogP contribution in [0.25, 0.3) is 5.57 Å². The summed E-state index contributed by atoms with van der Waals surface area (Å²) in [5.41, 5.74) is 4.03. The number of benzene rings is 1. The Kier molecular flexibility index (Phi) is 11.2. The maximum absolute atomic E-state index is 12.3. The molecule has 0 radical (unpaired) electrons. The SMILES string of the molecule is C1CCOC1.C=O.CN1CCC(CSN2CC=C(c3ccccc3)C2)(C(=O)NO)CC1. The summed E-state index contributed by atoms with van der Waals surface area (Å²) < 4.78 is 7.24. The molecule has 0 atom stereocenters. The molecule has 1 aromatic carbocycles. The lowest BCUT2D eigenvalue weighted by Crippen LogP contribution is -2.49. The van der Waals surface area contributed by atoms with E-state index in [4.69, 9.17) is 14.7 Å². The topological polar surface area (TPSA) is 82.1 Å². The van der Waals surface area contributed by atoms with Crippen LogP contribution in [0.1, 0.15) is 31.2 Å². The molecule has 7 nitrogen and oxygen atoms in total. The van der Waals surface area contributed by atoms with Gasteiger partial charge in [-0.1, -0.05) is 48.4 Å². The first-order valence-electron chi connectivity index (χ1n) is 10.7. The van der Waals surface area contributed by atoms with Crippen LogP contribution in [0.2, 0.25) is 0 Å². The van der Waals surface area contributed by atoms with Gasteiger partial charge < -0.3 is 14.4 Å². The smallest absolute Gasteiger partial charge is 0.250 e. The number of hydrogen-bond donors (Lipinski definition) is 2. The number of rotatable bonds is 5. The molecule has 172 valence electrons. The van der Waals surface area contributed by atoms with E-state index >= 15 is 0 Å². The quantitative estimate of drug-likeness (QED) is 0.406. The van der Waals surface area contributed by atoms with Crippen molar-refractivity contribution in [3.63, 3.8) is 0 Å². The van der Waals surface area contributed by atoms with Crippen LogP contribution < -0.4 is 5.48 Å². The zero-order chi connectivity index (χ0) is 22.5. The molecular weight excluding hydrogens is 414 g/mol. The molecule has 8 heteroatoms. The number of nitrogens with one attached hydrogen (secondary N) is 1. The van der Waals surface area contributed by atoms with E-state index in [1.165, 1.54) is 24.0 Å². The number of likely N-dealkylation sites (tertiary alicyclic amines) is 1. The van der Waals surface area contributed by atoms with E-state index < -0.39 is 5.41 Å². The third-order valence-electron chi connectivity index (χ3n) is 5.91. The van der Waals surface area contributed by atoms with Crippen LogP contribution >= 0.6 is 11.9 Å². The highest BCUT2D eigenvalue weighted by atomic mass is 32.2. The largest absolute Gasteiger partial charge is 0.381 e. The van der Waals surface area contributed by atoms with E-state index in [9.17, 15) is 4.79 Å². The van der Waals surface area contributed by atoms with Crippen LogP contribution in [0.3, 0.4) is 0 Å². The van der Waals surface area contributed by atoms with E-state index in [0.717, 1.165) is 52.2 Å². The molecule has 2 N–H and O–H groups in total. The van der Waals surface area contributed by atoms with Gasteiger partial charge in [0.1, 0.15) is 6.79 Å². The fourth-order valence-corrected chi connectivity index (χ4v) is 5.08. The van der Waals surface area contributed by atoms with E-state index in [1.54, 1.807) is 11.9 Å². The molecular formula is C23H35N3O4S. The lowest BCUT2D eigenvalue weighted by atomic mass is 9.79. The van der Waals surface area contributed by atoms with Gasteiger partial charge in [-0.2, -0.15) is 0 Å². The molecule has 0 spiro atoms. The highest BCUT2D eigenvalue weighted by molar-refractivity contribution is 7.97. The van der Waals surface area contributed by atoms with Gasteiger partial charge in [0.15, 0.2) is 0 Å². The maximum atomic E-state index is 12.3. The summed E-state index contributed by atoms with van der Waals surface area (Å²) in [4.78, 5) is 22.5. The van der Waals surface area contributed by atoms with Gasteiger partial charge in [-0.25, -0.2) is 9.79 Å². The predicted octanol–water partition coefficient (Wildman–Crippen LogP) is 2.86. The second kappa shape index (κ2) is 13.6. The molecule has 3 heterocycles. The van der Waals surface area contributed by atoms with E-state index in [-0.39, 0.29) is 5.91 Å². The Bertz CT molecular complexity index is 682. The van der Waals surface area contributed by atoms with Crippen LogP contribution in [-0.4, -0.2) is 79.3 Å². The predicted molar refractivity (Wildman–Crippen MR) is 125 cm³/mol. The van der Waals surface area contributed by atoms with Crippen molar-refractivity contribution in [3.8, 4) is 0 Å². The number of ether oxygens (including phenoxy) is 1. The Morgan fingerprint density at radius 3 is 2.39 bits per heavy atom. The normalized spacial score (nSPS) is 20.6. The first kappa shape index (κ1) is 25.5. The monoisotopic (exact) mass is 449 g/mol. The minimum absolute atomic E-state index is 0.237. The second-order valence-electron chi connectivity index (χ2n) is 8.04. The van der Waals surface area contributed by atoms with Gasteiger partial charge in [0.05, 0.1) is 5.41 Å². The zero-order valence-corrected chi connectivity index (χ0v) is 19.2. The minimum atomic E-state index is -0.471. The van der Waals surface area contributed by atoms with Gasteiger partial charge in [0.2, 0.25) is 0 Å². The van der Waals surface area contributed by atoms with Gasteiger partial charge >= 0.3 is 0 Å². The number of amides is 1. The van der Waals surface area contributed by atoms with Crippen LogP contribution in [0.4, 0.5) is 0 Å². The summed E-state index contributed by atoms with van der Waals surface area (Å²) in [6.07, 6.45) is 6.39. The fraction of sp³-hybridized carbons (Fsp3) is 0.565. The highest BCUT2D eigenvalue weighted by Crippen LogP contribution is 2.37. The Balaban J connectivity index is 0.000000420. The number of piperidine rings is 1. The van der Waals surface area contributed by atoms with E-state index in [2.05, 4.69) is 46.6 Å². The van der Waals surface area contributed by atoms with E-state index in [1.807, 2.05) is 18.3 Å². The van der Waals surface area contributed by atoms with Gasteiger partial charge in [0.25, 0.3) is 5.91 Å². The van der Waals surface area contributed by atoms with Crippen molar-refractivity contribution in [2.45, 2.75) is 25.7 Å². The van der Waals surface area contributed by atoms with E-state index in [0.29, 0.717) is 5.75 Å². The van der Waals surface area contributed by atoms with Crippen molar-refractivity contribution in [2.24, 2.45) is 5.41 Å². The molecule has 2 saturated heterocycles. The first-order chi connectivity index (χ1) is 15.1. The lowest BCUT2D eigenvalue weighted by Gasteiger charge is -2.39. The standard InChI is InChI=1S/C18H25N3O2S.C4H8O.CH2O/c1-20-11-8-18(9-12-20,17(22)19-23)14-24-21-10-7-16(13-21)15-5-3-2-4-6-15;1-2-4-5-3-1;1-2/h2-7,23H,8-14H2,1H3,(H,19,22);1-4H2;1H2. The van der Waals surface area contributed by atoms with Crippen molar-refractivity contribution in [1.29, 1.82) is 0 Å². The number of carbonyl (C=O) groups excluding carboxylic acids is 2. The van der Waals surface area contributed by atoms with Gasteiger partial charge in [-0.15, -0.1) is 0 Å². The Morgan fingerprint density at radius 2 is 1.84 bits per heavy atom. The van der Waals surface area contributed by atoms with Crippen LogP contribution in [0.5, 0.6) is 0 Å². The average Bonchev–Trinajstić information content (AvgIpc) is 3.56. The number of nitrogens with zero attached hydrogens (tertiary/aromatic N) is 2. The Labute approximate surface area is 189 Å². The van der Waals surface area contributed by atoms with Crippen LogP contribution in [0, 0.1) is 5.41 Å². The fourth-order valence-electron chi connectivity index (χ4n) is 3.82. The Hall–Kier alpha value is -1.71. The first-order valence-corrected chi connectivity index (χ1v) is 11.7.